The third-order valence-corrected chi connectivity index (χ3v) is 4.88. The molecule has 0 unspecified atom stereocenters. The van der Waals surface area contributed by atoms with Gasteiger partial charge in [0, 0.05) is 49.8 Å². The summed E-state index contributed by atoms with van der Waals surface area (Å²) in [5.41, 5.74) is 0. The Kier molecular flexibility index (Phi) is 7.52. The number of nitrogens with one attached hydrogen (secondary N) is 1. The first-order chi connectivity index (χ1) is 11.6. The zero-order valence-corrected chi connectivity index (χ0v) is 14.8. The van der Waals surface area contributed by atoms with Crippen molar-refractivity contribution in [1.82, 2.24) is 15.1 Å². The summed E-state index contributed by atoms with van der Waals surface area (Å²) < 4.78 is 12.8. The lowest BCUT2D eigenvalue weighted by Crippen LogP contribution is -2.51. The number of halogens is 1. The second-order valence-electron chi connectivity index (χ2n) is 5.66. The SMILES string of the molecule is CCNC(=O)CN1CCN(C(=O)CCSc2ccc(F)cc2)CC1. The molecule has 2 rings (SSSR count). The summed E-state index contributed by atoms with van der Waals surface area (Å²) >= 11 is 1.56. The third kappa shape index (κ3) is 6.13. The fourth-order valence-electron chi connectivity index (χ4n) is 2.56. The molecule has 1 fully saturated rings. The summed E-state index contributed by atoms with van der Waals surface area (Å²) in [4.78, 5) is 28.7. The van der Waals surface area contributed by atoms with Gasteiger partial charge in [0.2, 0.25) is 11.8 Å². The topological polar surface area (TPSA) is 52.7 Å². The highest BCUT2D eigenvalue weighted by molar-refractivity contribution is 7.99. The Hall–Kier alpha value is -1.60. The molecule has 24 heavy (non-hydrogen) atoms. The molecule has 1 aliphatic heterocycles. The van der Waals surface area contributed by atoms with Crippen molar-refractivity contribution < 1.29 is 14.0 Å². The van der Waals surface area contributed by atoms with E-state index in [1.807, 2.05) is 11.8 Å². The van der Waals surface area contributed by atoms with Crippen molar-refractivity contribution in [2.45, 2.75) is 18.2 Å². The van der Waals surface area contributed by atoms with E-state index in [-0.39, 0.29) is 17.6 Å². The van der Waals surface area contributed by atoms with E-state index < -0.39 is 0 Å². The molecule has 1 N–H and O–H groups in total. The molecule has 0 aliphatic carbocycles. The molecule has 0 bridgehead atoms. The summed E-state index contributed by atoms with van der Waals surface area (Å²) in [6, 6.07) is 6.31. The van der Waals surface area contributed by atoms with Gasteiger partial charge in [0.25, 0.3) is 0 Å². The van der Waals surface area contributed by atoms with E-state index in [0.717, 1.165) is 18.0 Å². The molecule has 1 aliphatic rings. The standard InChI is InChI=1S/C17H24FN3O2S/c1-2-19-16(22)13-20-8-10-21(11-9-20)17(23)7-12-24-15-5-3-14(18)4-6-15/h3-6H,2,7-13H2,1H3,(H,19,22). The Labute approximate surface area is 146 Å². The molecule has 5 nitrogen and oxygen atoms in total. The van der Waals surface area contributed by atoms with Gasteiger partial charge in [-0.3, -0.25) is 14.5 Å². The Morgan fingerprint density at radius 2 is 1.83 bits per heavy atom. The predicted molar refractivity (Wildman–Crippen MR) is 93.4 cm³/mol. The zero-order valence-electron chi connectivity index (χ0n) is 14.0. The number of thioether (sulfide) groups is 1. The fraction of sp³-hybridized carbons (Fsp3) is 0.529. The molecule has 1 aromatic carbocycles. The average Bonchev–Trinajstić information content (AvgIpc) is 2.57. The van der Waals surface area contributed by atoms with E-state index in [0.29, 0.717) is 38.4 Å². The zero-order chi connectivity index (χ0) is 17.4. The van der Waals surface area contributed by atoms with Crippen LogP contribution in [-0.4, -0.2) is 66.6 Å². The van der Waals surface area contributed by atoms with Gasteiger partial charge in [-0.25, -0.2) is 4.39 Å². The van der Waals surface area contributed by atoms with Crippen LogP contribution in [0.2, 0.25) is 0 Å². The number of hydrogen-bond acceptors (Lipinski definition) is 4. The number of hydrogen-bond donors (Lipinski definition) is 1. The molecule has 0 spiro atoms. The molecule has 1 aromatic rings. The Bertz CT molecular complexity index is 545. The summed E-state index contributed by atoms with van der Waals surface area (Å²) in [5, 5.41) is 2.79. The van der Waals surface area contributed by atoms with Crippen LogP contribution in [0.3, 0.4) is 0 Å². The lowest BCUT2D eigenvalue weighted by molar-refractivity contribution is -0.132. The number of nitrogens with zero attached hydrogens (tertiary/aromatic N) is 2. The molecule has 7 heteroatoms. The van der Waals surface area contributed by atoms with Crippen LogP contribution in [0.5, 0.6) is 0 Å². The van der Waals surface area contributed by atoms with Gasteiger partial charge >= 0.3 is 0 Å². The molecule has 2 amide bonds. The van der Waals surface area contributed by atoms with Crippen LogP contribution in [0.1, 0.15) is 13.3 Å². The Morgan fingerprint density at radius 3 is 2.46 bits per heavy atom. The van der Waals surface area contributed by atoms with E-state index in [1.54, 1.807) is 23.9 Å². The number of rotatable bonds is 7. The monoisotopic (exact) mass is 353 g/mol. The number of carbonyl (C=O) groups excluding carboxylic acids is 2. The summed E-state index contributed by atoms with van der Waals surface area (Å²) in [5.74, 6) is 0.611. The van der Waals surface area contributed by atoms with E-state index >= 15 is 0 Å². The average molecular weight is 353 g/mol. The van der Waals surface area contributed by atoms with Gasteiger partial charge in [-0.1, -0.05) is 0 Å². The molecule has 0 radical (unpaired) electrons. The van der Waals surface area contributed by atoms with Gasteiger partial charge in [-0.05, 0) is 31.2 Å². The van der Waals surface area contributed by atoms with E-state index in [4.69, 9.17) is 0 Å². The first kappa shape index (κ1) is 18.7. The van der Waals surface area contributed by atoms with Gasteiger partial charge in [0.1, 0.15) is 5.82 Å². The Morgan fingerprint density at radius 1 is 1.17 bits per heavy atom. The van der Waals surface area contributed by atoms with Crippen LogP contribution < -0.4 is 5.32 Å². The van der Waals surface area contributed by atoms with Crippen LogP contribution in [0, 0.1) is 5.82 Å². The number of piperazine rings is 1. The number of likely N-dealkylation sites (N-methyl/N-ethyl adjacent to an activating group) is 1. The van der Waals surface area contributed by atoms with Crippen LogP contribution in [0.15, 0.2) is 29.2 Å². The molecular formula is C17H24FN3O2S. The quantitative estimate of drug-likeness (QED) is 0.757. The van der Waals surface area contributed by atoms with Crippen LogP contribution in [-0.2, 0) is 9.59 Å². The smallest absolute Gasteiger partial charge is 0.234 e. The van der Waals surface area contributed by atoms with Crippen molar-refractivity contribution in [2.75, 3.05) is 45.0 Å². The first-order valence-electron chi connectivity index (χ1n) is 8.23. The summed E-state index contributed by atoms with van der Waals surface area (Å²) in [6.07, 6.45) is 0.471. The van der Waals surface area contributed by atoms with Crippen molar-refractivity contribution in [3.05, 3.63) is 30.1 Å². The van der Waals surface area contributed by atoms with Crippen molar-refractivity contribution in [1.29, 1.82) is 0 Å². The lowest BCUT2D eigenvalue weighted by atomic mass is 10.3. The molecule has 0 aromatic heterocycles. The lowest BCUT2D eigenvalue weighted by Gasteiger charge is -2.34. The maximum absolute atomic E-state index is 12.8. The molecule has 0 saturated carbocycles. The molecule has 1 heterocycles. The highest BCUT2D eigenvalue weighted by atomic mass is 32.2. The number of benzene rings is 1. The van der Waals surface area contributed by atoms with Crippen LogP contribution >= 0.6 is 11.8 Å². The van der Waals surface area contributed by atoms with Crippen molar-refractivity contribution in [3.63, 3.8) is 0 Å². The van der Waals surface area contributed by atoms with E-state index in [2.05, 4.69) is 10.2 Å². The minimum atomic E-state index is -0.249. The second kappa shape index (κ2) is 9.64. The predicted octanol–water partition coefficient (Wildman–Crippen LogP) is 1.59. The van der Waals surface area contributed by atoms with E-state index in [9.17, 15) is 14.0 Å². The minimum Gasteiger partial charge on any atom is -0.355 e. The molecule has 132 valence electrons. The minimum absolute atomic E-state index is 0.0352. The number of carbonyl (C=O) groups is 2. The van der Waals surface area contributed by atoms with Gasteiger partial charge in [-0.15, -0.1) is 11.8 Å². The first-order valence-corrected chi connectivity index (χ1v) is 9.22. The summed E-state index contributed by atoms with van der Waals surface area (Å²) in [6.45, 7) is 5.73. The highest BCUT2D eigenvalue weighted by Crippen LogP contribution is 2.19. The van der Waals surface area contributed by atoms with Crippen molar-refractivity contribution >= 4 is 23.6 Å². The van der Waals surface area contributed by atoms with Gasteiger partial charge < -0.3 is 10.2 Å². The maximum atomic E-state index is 12.8. The fourth-order valence-corrected chi connectivity index (χ4v) is 3.40. The molecular weight excluding hydrogens is 329 g/mol. The number of amides is 2. The molecule has 1 saturated heterocycles. The normalized spacial score (nSPS) is 15.3. The molecule has 0 atom stereocenters. The maximum Gasteiger partial charge on any atom is 0.234 e. The Balaban J connectivity index is 1.65. The van der Waals surface area contributed by atoms with Crippen LogP contribution in [0.25, 0.3) is 0 Å². The van der Waals surface area contributed by atoms with Gasteiger partial charge in [0.05, 0.1) is 6.54 Å². The van der Waals surface area contributed by atoms with Gasteiger partial charge in [-0.2, -0.15) is 0 Å². The van der Waals surface area contributed by atoms with Crippen molar-refractivity contribution in [3.8, 4) is 0 Å². The van der Waals surface area contributed by atoms with Crippen molar-refractivity contribution in [2.24, 2.45) is 0 Å². The highest BCUT2D eigenvalue weighted by Gasteiger charge is 2.21. The summed E-state index contributed by atoms with van der Waals surface area (Å²) in [7, 11) is 0. The van der Waals surface area contributed by atoms with Crippen LogP contribution in [0.4, 0.5) is 4.39 Å². The third-order valence-electron chi connectivity index (χ3n) is 3.86. The second-order valence-corrected chi connectivity index (χ2v) is 6.83. The van der Waals surface area contributed by atoms with Gasteiger partial charge in [0.15, 0.2) is 0 Å². The van der Waals surface area contributed by atoms with E-state index in [1.165, 1.54) is 12.1 Å². The largest absolute Gasteiger partial charge is 0.355 e.